The van der Waals surface area contributed by atoms with Gasteiger partial charge >= 0.3 is 0 Å². The fourth-order valence-corrected chi connectivity index (χ4v) is 2.35. The van der Waals surface area contributed by atoms with Gasteiger partial charge in [0.15, 0.2) is 0 Å². The van der Waals surface area contributed by atoms with E-state index >= 15 is 0 Å². The van der Waals surface area contributed by atoms with E-state index in [1.54, 1.807) is 0 Å². The maximum absolute atomic E-state index is 11.0. The van der Waals surface area contributed by atoms with Gasteiger partial charge in [-0.3, -0.25) is 0 Å². The van der Waals surface area contributed by atoms with Crippen molar-refractivity contribution in [2.45, 2.75) is 38.1 Å². The summed E-state index contributed by atoms with van der Waals surface area (Å²) in [5.41, 5.74) is 0. The lowest BCUT2D eigenvalue weighted by Crippen LogP contribution is -2.26. The molecule has 1 N–H and O–H groups in total. The van der Waals surface area contributed by atoms with E-state index in [4.69, 9.17) is 0 Å². The monoisotopic (exact) mass is 262 g/mol. The van der Waals surface area contributed by atoms with Crippen molar-refractivity contribution in [3.8, 4) is 0 Å². The summed E-state index contributed by atoms with van der Waals surface area (Å²) in [4.78, 5) is 2.11. The minimum absolute atomic E-state index is 0.271. The average molecular weight is 262 g/mol. The summed E-state index contributed by atoms with van der Waals surface area (Å²) in [5.74, 6) is 0.271. The number of nitrogens with one attached hydrogen (secondary N) is 1. The highest BCUT2D eigenvalue weighted by Gasteiger charge is 2.19. The van der Waals surface area contributed by atoms with Gasteiger partial charge in [-0.05, 0) is 45.8 Å². The van der Waals surface area contributed by atoms with Crippen LogP contribution in [0.4, 0.5) is 0 Å². The summed E-state index contributed by atoms with van der Waals surface area (Å²) < 4.78 is 22.0. The van der Waals surface area contributed by atoms with Crippen molar-refractivity contribution in [2.75, 3.05) is 38.7 Å². The van der Waals surface area contributed by atoms with Gasteiger partial charge in [0.25, 0.3) is 0 Å². The van der Waals surface area contributed by atoms with E-state index in [-0.39, 0.29) is 5.75 Å². The molecular formula is C12H26N2O2S. The zero-order valence-electron chi connectivity index (χ0n) is 11.1. The van der Waals surface area contributed by atoms with Gasteiger partial charge in [0, 0.05) is 18.8 Å². The molecule has 0 atom stereocenters. The van der Waals surface area contributed by atoms with Gasteiger partial charge in [0.05, 0.1) is 5.75 Å². The second kappa shape index (κ2) is 7.34. The van der Waals surface area contributed by atoms with Crippen LogP contribution in [0.25, 0.3) is 0 Å². The zero-order valence-corrected chi connectivity index (χ0v) is 11.9. The fourth-order valence-electron chi connectivity index (χ4n) is 1.71. The molecular weight excluding hydrogens is 236 g/mol. The van der Waals surface area contributed by atoms with Crippen molar-refractivity contribution < 1.29 is 8.42 Å². The Balaban J connectivity index is 1.86. The van der Waals surface area contributed by atoms with Gasteiger partial charge in [-0.1, -0.05) is 6.42 Å². The molecule has 0 heterocycles. The third-order valence-electron chi connectivity index (χ3n) is 3.07. The molecule has 0 unspecified atom stereocenters. The lowest BCUT2D eigenvalue weighted by molar-refractivity contribution is 0.341. The van der Waals surface area contributed by atoms with Crippen LogP contribution in [-0.2, 0) is 9.84 Å². The molecule has 1 saturated carbocycles. The summed E-state index contributed by atoms with van der Waals surface area (Å²) in [5, 5.41) is 3.50. The molecule has 0 radical (unpaired) electrons. The summed E-state index contributed by atoms with van der Waals surface area (Å²) in [6.07, 6.45) is 7.62. The summed E-state index contributed by atoms with van der Waals surface area (Å²) in [7, 11) is -0.819. The second-order valence-electron chi connectivity index (χ2n) is 5.22. The Kier molecular flexibility index (Phi) is 6.44. The summed E-state index contributed by atoms with van der Waals surface area (Å²) >= 11 is 0. The van der Waals surface area contributed by atoms with Crippen molar-refractivity contribution in [1.82, 2.24) is 10.2 Å². The number of unbranched alkanes of at least 4 members (excludes halogenated alkanes) is 2. The van der Waals surface area contributed by atoms with Crippen molar-refractivity contribution >= 4 is 9.84 Å². The van der Waals surface area contributed by atoms with E-state index in [1.807, 2.05) is 7.05 Å². The number of hydrogen-bond acceptors (Lipinski definition) is 4. The maximum atomic E-state index is 11.0. The van der Waals surface area contributed by atoms with Crippen LogP contribution in [0.3, 0.4) is 0 Å². The molecule has 102 valence electrons. The van der Waals surface area contributed by atoms with Crippen LogP contribution in [0, 0.1) is 0 Å². The first-order chi connectivity index (χ1) is 7.97. The Morgan fingerprint density at radius 3 is 2.47 bits per heavy atom. The van der Waals surface area contributed by atoms with E-state index in [0.717, 1.165) is 25.6 Å². The third-order valence-corrected chi connectivity index (χ3v) is 3.99. The minimum atomic E-state index is -2.81. The average Bonchev–Trinajstić information content (AvgIpc) is 3.03. The Morgan fingerprint density at radius 2 is 1.88 bits per heavy atom. The number of sulfone groups is 1. The third kappa shape index (κ3) is 9.56. The van der Waals surface area contributed by atoms with Crippen LogP contribution >= 0.6 is 0 Å². The van der Waals surface area contributed by atoms with Crippen molar-refractivity contribution in [3.63, 3.8) is 0 Å². The molecule has 0 aliphatic heterocycles. The molecule has 1 aliphatic carbocycles. The van der Waals surface area contributed by atoms with Crippen molar-refractivity contribution in [3.05, 3.63) is 0 Å². The van der Waals surface area contributed by atoms with Crippen LogP contribution in [0.2, 0.25) is 0 Å². The quantitative estimate of drug-likeness (QED) is 0.594. The van der Waals surface area contributed by atoms with Crippen molar-refractivity contribution in [1.29, 1.82) is 0 Å². The largest absolute Gasteiger partial charge is 0.314 e. The molecule has 17 heavy (non-hydrogen) atoms. The molecule has 0 bridgehead atoms. The predicted octanol–water partition coefficient (Wildman–Crippen LogP) is 0.885. The van der Waals surface area contributed by atoms with E-state index in [2.05, 4.69) is 10.2 Å². The molecule has 0 spiro atoms. The zero-order chi connectivity index (χ0) is 12.7. The Labute approximate surface area is 106 Å². The highest BCUT2D eigenvalue weighted by molar-refractivity contribution is 7.90. The van der Waals surface area contributed by atoms with Crippen LogP contribution < -0.4 is 5.32 Å². The Hall–Kier alpha value is -0.130. The Bertz CT molecular complexity index is 300. The molecule has 0 saturated heterocycles. The minimum Gasteiger partial charge on any atom is -0.314 e. The lowest BCUT2D eigenvalue weighted by atomic mass is 10.2. The SMILES string of the molecule is CN(CCCCCNC1CC1)CCS(C)(=O)=O. The highest BCUT2D eigenvalue weighted by atomic mass is 32.2. The molecule has 0 amide bonds. The van der Waals surface area contributed by atoms with Crippen LogP contribution in [-0.4, -0.2) is 58.1 Å². The second-order valence-corrected chi connectivity index (χ2v) is 7.48. The molecule has 5 heteroatoms. The first-order valence-corrected chi connectivity index (χ1v) is 8.63. The molecule has 1 rings (SSSR count). The fraction of sp³-hybridized carbons (Fsp3) is 1.00. The summed E-state index contributed by atoms with van der Waals surface area (Å²) in [6, 6.07) is 0.812. The van der Waals surface area contributed by atoms with Gasteiger partial charge in [-0.15, -0.1) is 0 Å². The predicted molar refractivity (Wildman–Crippen MR) is 72.1 cm³/mol. The molecule has 1 fully saturated rings. The topological polar surface area (TPSA) is 49.4 Å². The van der Waals surface area contributed by atoms with Gasteiger partial charge < -0.3 is 10.2 Å². The first kappa shape index (κ1) is 14.9. The molecule has 0 aromatic heterocycles. The Morgan fingerprint density at radius 1 is 1.18 bits per heavy atom. The van der Waals surface area contributed by atoms with Crippen molar-refractivity contribution in [2.24, 2.45) is 0 Å². The van der Waals surface area contributed by atoms with Gasteiger partial charge in [0.1, 0.15) is 9.84 Å². The lowest BCUT2D eigenvalue weighted by Gasteiger charge is -2.15. The van der Waals surface area contributed by atoms with Crippen LogP contribution in [0.5, 0.6) is 0 Å². The van der Waals surface area contributed by atoms with E-state index in [1.165, 1.54) is 31.9 Å². The van der Waals surface area contributed by atoms with Crippen LogP contribution in [0.15, 0.2) is 0 Å². The summed E-state index contributed by atoms with van der Waals surface area (Å²) in [6.45, 7) is 2.79. The van der Waals surface area contributed by atoms with Gasteiger partial charge in [-0.25, -0.2) is 8.42 Å². The number of nitrogens with zero attached hydrogens (tertiary/aromatic N) is 1. The molecule has 4 nitrogen and oxygen atoms in total. The number of rotatable bonds is 10. The maximum Gasteiger partial charge on any atom is 0.148 e. The molecule has 0 aromatic rings. The van der Waals surface area contributed by atoms with Gasteiger partial charge in [-0.2, -0.15) is 0 Å². The number of hydrogen-bond donors (Lipinski definition) is 1. The molecule has 1 aliphatic rings. The first-order valence-electron chi connectivity index (χ1n) is 6.57. The molecule has 0 aromatic carbocycles. The van der Waals surface area contributed by atoms with E-state index < -0.39 is 9.84 Å². The normalized spacial score (nSPS) is 16.6. The standard InChI is InChI=1S/C12H26N2O2S/c1-14(10-11-17(2,15)16)9-5-3-4-8-13-12-6-7-12/h12-13H,3-11H2,1-2H3. The van der Waals surface area contributed by atoms with E-state index in [0.29, 0.717) is 6.54 Å². The van der Waals surface area contributed by atoms with E-state index in [9.17, 15) is 8.42 Å². The van der Waals surface area contributed by atoms with Gasteiger partial charge in [0.2, 0.25) is 0 Å². The van der Waals surface area contributed by atoms with Crippen LogP contribution in [0.1, 0.15) is 32.1 Å². The highest BCUT2D eigenvalue weighted by Crippen LogP contribution is 2.18. The smallest absolute Gasteiger partial charge is 0.148 e.